The molecule has 3 atom stereocenters. The molecule has 3 amide bonds. The van der Waals surface area contributed by atoms with Crippen molar-refractivity contribution in [3.63, 3.8) is 0 Å². The van der Waals surface area contributed by atoms with Gasteiger partial charge < -0.3 is 14.8 Å². The molecule has 1 N–H and O–H groups in total. The number of fused-ring (bicyclic) bond motifs is 1. The molecule has 1 aromatic carbocycles. The lowest BCUT2D eigenvalue weighted by Gasteiger charge is -2.17. The second-order valence-corrected chi connectivity index (χ2v) is 7.18. The molecular weight excluding hydrogens is 410 g/mol. The molecule has 1 saturated heterocycles. The Hall–Kier alpha value is -3.76. The summed E-state index contributed by atoms with van der Waals surface area (Å²) in [6.45, 7) is 0.719. The van der Waals surface area contributed by atoms with Crippen molar-refractivity contribution in [3.8, 4) is 5.75 Å². The maximum absolute atomic E-state index is 12.4. The highest BCUT2D eigenvalue weighted by molar-refractivity contribution is 6.07. The number of carbonyl (C=O) groups excluding carboxylic acids is 4. The second-order valence-electron chi connectivity index (χ2n) is 7.18. The number of nitrogens with one attached hydrogen (secondary N) is 1. The highest BCUT2D eigenvalue weighted by Crippen LogP contribution is 2.35. The molecule has 1 aromatic rings. The third kappa shape index (κ3) is 4.55. The number of methoxy groups -OCH3 is 1. The number of amides is 3. The Morgan fingerprint density at radius 3 is 2.39 bits per heavy atom. The fourth-order valence-electron chi connectivity index (χ4n) is 3.58. The number of ether oxygens (including phenoxy) is 2. The largest absolute Gasteiger partial charge is 0.495 e. The highest BCUT2D eigenvalue weighted by Gasteiger charge is 2.47. The van der Waals surface area contributed by atoms with Gasteiger partial charge in [-0.1, -0.05) is 12.2 Å². The van der Waals surface area contributed by atoms with Crippen LogP contribution in [0.5, 0.6) is 5.75 Å². The Morgan fingerprint density at radius 2 is 1.84 bits per heavy atom. The van der Waals surface area contributed by atoms with Crippen LogP contribution >= 0.6 is 0 Å². The zero-order chi connectivity index (χ0) is 22.7. The number of non-ortho nitro benzene ring substituents is 1. The van der Waals surface area contributed by atoms with E-state index in [1.54, 1.807) is 0 Å². The Labute approximate surface area is 177 Å². The summed E-state index contributed by atoms with van der Waals surface area (Å²) >= 11 is 0. The maximum Gasteiger partial charge on any atom is 0.326 e. The van der Waals surface area contributed by atoms with Crippen molar-refractivity contribution in [1.82, 2.24) is 4.90 Å². The van der Waals surface area contributed by atoms with E-state index in [4.69, 9.17) is 9.47 Å². The molecule has 1 heterocycles. The zero-order valence-corrected chi connectivity index (χ0v) is 16.9. The van der Waals surface area contributed by atoms with Gasteiger partial charge in [0.05, 0.1) is 29.6 Å². The van der Waals surface area contributed by atoms with Gasteiger partial charge in [0.2, 0.25) is 11.8 Å². The molecule has 11 heteroatoms. The van der Waals surface area contributed by atoms with Crippen molar-refractivity contribution in [2.45, 2.75) is 25.9 Å². The predicted octanol–water partition coefficient (Wildman–Crippen LogP) is 1.42. The quantitative estimate of drug-likeness (QED) is 0.224. The van der Waals surface area contributed by atoms with E-state index in [-0.39, 0.29) is 17.1 Å². The average molecular weight is 431 g/mol. The van der Waals surface area contributed by atoms with Gasteiger partial charge in [0.25, 0.3) is 11.6 Å². The lowest BCUT2D eigenvalue weighted by molar-refractivity contribution is -0.384. The first-order valence-corrected chi connectivity index (χ1v) is 9.56. The van der Waals surface area contributed by atoms with Gasteiger partial charge in [0, 0.05) is 12.1 Å². The summed E-state index contributed by atoms with van der Waals surface area (Å²) in [7, 11) is 1.33. The van der Waals surface area contributed by atoms with Crippen LogP contribution in [0, 0.1) is 22.0 Å². The molecule has 31 heavy (non-hydrogen) atoms. The number of nitro groups is 1. The molecule has 11 nitrogen and oxygen atoms in total. The Morgan fingerprint density at radius 1 is 1.23 bits per heavy atom. The van der Waals surface area contributed by atoms with Crippen LogP contribution in [-0.2, 0) is 23.9 Å². The smallest absolute Gasteiger partial charge is 0.326 e. The summed E-state index contributed by atoms with van der Waals surface area (Å²) in [4.78, 5) is 60.7. The number of carbonyl (C=O) groups is 4. The lowest BCUT2D eigenvalue weighted by Crippen LogP contribution is -2.39. The van der Waals surface area contributed by atoms with Gasteiger partial charge in [0.15, 0.2) is 6.10 Å². The lowest BCUT2D eigenvalue weighted by atomic mass is 9.85. The van der Waals surface area contributed by atoms with Crippen LogP contribution in [0.25, 0.3) is 0 Å². The monoisotopic (exact) mass is 431 g/mol. The fraction of sp³-hybridized carbons (Fsp3) is 0.400. The topological polar surface area (TPSA) is 145 Å². The molecule has 1 fully saturated rings. The van der Waals surface area contributed by atoms with Crippen molar-refractivity contribution in [2.24, 2.45) is 11.8 Å². The van der Waals surface area contributed by atoms with Crippen LogP contribution in [0.15, 0.2) is 30.4 Å². The van der Waals surface area contributed by atoms with Crippen molar-refractivity contribution < 1.29 is 33.6 Å². The number of nitrogens with zero attached hydrogens (tertiary/aromatic N) is 2. The van der Waals surface area contributed by atoms with E-state index < -0.39 is 53.1 Å². The number of nitro benzene ring substituents is 1. The molecule has 3 rings (SSSR count). The van der Waals surface area contributed by atoms with Crippen LogP contribution in [0.1, 0.15) is 19.8 Å². The van der Waals surface area contributed by atoms with Crippen molar-refractivity contribution in [2.75, 3.05) is 19.0 Å². The van der Waals surface area contributed by atoms with Crippen LogP contribution in [0.4, 0.5) is 11.4 Å². The first-order valence-electron chi connectivity index (χ1n) is 9.56. The summed E-state index contributed by atoms with van der Waals surface area (Å²) in [5.74, 6) is -3.27. The van der Waals surface area contributed by atoms with E-state index in [0.717, 1.165) is 11.0 Å². The third-order valence-corrected chi connectivity index (χ3v) is 5.22. The maximum atomic E-state index is 12.4. The van der Waals surface area contributed by atoms with Crippen LogP contribution in [0.2, 0.25) is 0 Å². The number of imide groups is 1. The van der Waals surface area contributed by atoms with Crippen LogP contribution in [0.3, 0.4) is 0 Å². The number of rotatable bonds is 7. The van der Waals surface area contributed by atoms with E-state index >= 15 is 0 Å². The number of benzene rings is 1. The van der Waals surface area contributed by atoms with E-state index in [0.29, 0.717) is 12.8 Å². The van der Waals surface area contributed by atoms with E-state index in [1.165, 1.54) is 26.2 Å². The van der Waals surface area contributed by atoms with Crippen LogP contribution in [-0.4, -0.2) is 53.3 Å². The Bertz CT molecular complexity index is 947. The van der Waals surface area contributed by atoms with E-state index in [9.17, 15) is 29.3 Å². The summed E-state index contributed by atoms with van der Waals surface area (Å²) in [6.07, 6.45) is 3.29. The number of likely N-dealkylation sites (tertiary alicyclic amines) is 1. The molecule has 0 spiro atoms. The first kappa shape index (κ1) is 21.9. The average Bonchev–Trinajstić information content (AvgIpc) is 2.98. The van der Waals surface area contributed by atoms with Gasteiger partial charge >= 0.3 is 5.97 Å². The molecular formula is C20H21N3O8. The second kappa shape index (κ2) is 8.94. The summed E-state index contributed by atoms with van der Waals surface area (Å²) < 4.78 is 10.1. The van der Waals surface area contributed by atoms with Gasteiger partial charge in [-0.15, -0.1) is 0 Å². The number of esters is 1. The van der Waals surface area contributed by atoms with Gasteiger partial charge in [-0.05, 0) is 25.8 Å². The molecule has 0 radical (unpaired) electrons. The zero-order valence-electron chi connectivity index (χ0n) is 16.9. The molecule has 1 aliphatic carbocycles. The molecule has 1 aliphatic heterocycles. The van der Waals surface area contributed by atoms with Gasteiger partial charge in [-0.25, -0.2) is 0 Å². The number of allylic oxidation sites excluding steroid dienone is 2. The van der Waals surface area contributed by atoms with E-state index in [1.807, 2.05) is 12.2 Å². The first-order chi connectivity index (χ1) is 14.7. The number of anilines is 1. The SMILES string of the molecule is COc1ccc([N+](=O)[O-])cc1NC(=O)[C@H](C)OC(=O)CN1C(=O)[C@H]2CC=CC[C@H]2C1=O. The number of hydrogen-bond acceptors (Lipinski definition) is 8. The normalized spacial score (nSPS) is 20.8. The molecule has 0 unspecified atom stereocenters. The minimum atomic E-state index is -1.28. The van der Waals surface area contributed by atoms with Crippen molar-refractivity contribution in [3.05, 3.63) is 40.5 Å². The molecule has 0 saturated carbocycles. The Balaban J connectivity index is 1.61. The number of hydrogen-bond donors (Lipinski definition) is 1. The van der Waals surface area contributed by atoms with Gasteiger partial charge in [-0.3, -0.25) is 34.2 Å². The Kier molecular flexibility index (Phi) is 6.33. The van der Waals surface area contributed by atoms with Crippen molar-refractivity contribution >= 4 is 35.1 Å². The molecule has 2 aliphatic rings. The standard InChI is InChI=1S/C20H21N3O8/c1-11(18(25)21-15-9-12(23(28)29)7-8-16(15)30-2)31-17(24)10-22-19(26)13-5-3-4-6-14(13)20(22)27/h3-4,7-9,11,13-14H,5-6,10H2,1-2H3,(H,21,25)/t11-,13-,14+/m0/s1. The minimum Gasteiger partial charge on any atom is -0.495 e. The minimum absolute atomic E-state index is 0.0334. The summed E-state index contributed by atoms with van der Waals surface area (Å²) in [5, 5.41) is 13.4. The molecule has 0 bridgehead atoms. The van der Waals surface area contributed by atoms with Crippen molar-refractivity contribution in [1.29, 1.82) is 0 Å². The predicted molar refractivity (Wildman–Crippen MR) is 106 cm³/mol. The van der Waals surface area contributed by atoms with Crippen LogP contribution < -0.4 is 10.1 Å². The fourth-order valence-corrected chi connectivity index (χ4v) is 3.58. The third-order valence-electron chi connectivity index (χ3n) is 5.22. The van der Waals surface area contributed by atoms with Gasteiger partial charge in [-0.2, -0.15) is 0 Å². The summed E-state index contributed by atoms with van der Waals surface area (Å²) in [5.41, 5.74) is -0.228. The molecule has 0 aromatic heterocycles. The highest BCUT2D eigenvalue weighted by atomic mass is 16.6. The molecule has 164 valence electrons. The summed E-state index contributed by atoms with van der Waals surface area (Å²) in [6, 6.07) is 3.65. The van der Waals surface area contributed by atoms with Gasteiger partial charge in [0.1, 0.15) is 12.3 Å². The van der Waals surface area contributed by atoms with E-state index in [2.05, 4.69) is 5.32 Å².